The number of carbonyl (C=O) groups is 2. The Balaban J connectivity index is 1.30. The summed E-state index contributed by atoms with van der Waals surface area (Å²) in [5, 5.41) is 7.68. The maximum Gasteiger partial charge on any atom is 0.287 e. The molecule has 0 atom stereocenters. The van der Waals surface area contributed by atoms with Crippen molar-refractivity contribution in [2.75, 3.05) is 11.9 Å². The normalized spacial score (nSPS) is 10.8. The van der Waals surface area contributed by atoms with Gasteiger partial charge in [-0.25, -0.2) is 0 Å². The minimum atomic E-state index is -0.459. The van der Waals surface area contributed by atoms with Crippen molar-refractivity contribution in [2.45, 2.75) is 27.4 Å². The van der Waals surface area contributed by atoms with E-state index in [1.54, 1.807) is 12.1 Å². The van der Waals surface area contributed by atoms with Gasteiger partial charge in [0.25, 0.3) is 5.91 Å². The highest BCUT2D eigenvalue weighted by atomic mass is 16.5. The number of anilines is 1. The highest BCUT2D eigenvalue weighted by Crippen LogP contribution is 2.23. The molecule has 33 heavy (non-hydrogen) atoms. The van der Waals surface area contributed by atoms with Crippen LogP contribution in [0.3, 0.4) is 0 Å². The summed E-state index contributed by atoms with van der Waals surface area (Å²) in [7, 11) is 0. The molecule has 6 heteroatoms. The molecule has 0 saturated heterocycles. The predicted molar refractivity (Wildman–Crippen MR) is 129 cm³/mol. The van der Waals surface area contributed by atoms with Crippen LogP contribution < -0.4 is 15.4 Å². The van der Waals surface area contributed by atoms with Gasteiger partial charge in [-0.2, -0.15) is 0 Å². The van der Waals surface area contributed by atoms with E-state index in [4.69, 9.17) is 9.15 Å². The van der Waals surface area contributed by atoms with Crippen LogP contribution in [0.15, 0.2) is 71.1 Å². The Morgan fingerprint density at radius 3 is 2.36 bits per heavy atom. The maximum absolute atomic E-state index is 12.4. The van der Waals surface area contributed by atoms with Gasteiger partial charge in [-0.05, 0) is 66.9 Å². The van der Waals surface area contributed by atoms with Crippen LogP contribution in [0.25, 0.3) is 10.8 Å². The van der Waals surface area contributed by atoms with E-state index >= 15 is 0 Å². The fraction of sp³-hybridized carbons (Fsp3) is 0.185. The van der Waals surface area contributed by atoms with E-state index in [-0.39, 0.29) is 24.8 Å². The topological polar surface area (TPSA) is 80.6 Å². The molecule has 6 nitrogen and oxygen atoms in total. The first-order chi connectivity index (χ1) is 15.9. The molecule has 0 unspecified atom stereocenters. The highest BCUT2D eigenvalue weighted by molar-refractivity contribution is 5.98. The number of aryl methyl sites for hydroxylation is 3. The quantitative estimate of drug-likeness (QED) is 0.407. The third kappa shape index (κ3) is 5.41. The van der Waals surface area contributed by atoms with Crippen molar-refractivity contribution in [2.24, 2.45) is 0 Å². The molecular formula is C27H26N2O4. The number of rotatable bonds is 7. The number of hydrogen-bond acceptors (Lipinski definition) is 4. The maximum atomic E-state index is 12.4. The molecule has 0 aliphatic heterocycles. The lowest BCUT2D eigenvalue weighted by Crippen LogP contribution is -2.33. The minimum Gasteiger partial charge on any atom is -0.486 e. The van der Waals surface area contributed by atoms with Crippen LogP contribution in [0.2, 0.25) is 0 Å². The molecule has 4 aromatic rings. The fourth-order valence-corrected chi connectivity index (χ4v) is 3.80. The minimum absolute atomic E-state index is 0.127. The van der Waals surface area contributed by atoms with Gasteiger partial charge in [-0.3, -0.25) is 9.59 Å². The molecular weight excluding hydrogens is 416 g/mol. The lowest BCUT2D eigenvalue weighted by molar-refractivity contribution is -0.115. The molecule has 168 valence electrons. The number of benzene rings is 3. The van der Waals surface area contributed by atoms with Crippen molar-refractivity contribution in [3.8, 4) is 5.75 Å². The van der Waals surface area contributed by atoms with Gasteiger partial charge in [0.2, 0.25) is 5.91 Å². The van der Waals surface area contributed by atoms with Gasteiger partial charge in [0.1, 0.15) is 18.1 Å². The Bertz CT molecular complexity index is 1300. The van der Waals surface area contributed by atoms with E-state index in [1.807, 2.05) is 75.4 Å². The standard InChI is InChI=1S/C27H26N2O4/c1-17-12-18(2)26(19(3)13-17)29-25(30)15-28-27(31)24-11-10-23(33-24)16-32-22-9-8-20-6-4-5-7-21(20)14-22/h4-14H,15-16H2,1-3H3,(H,28,31)(H,29,30). The first kappa shape index (κ1) is 22.1. The van der Waals surface area contributed by atoms with Crippen LogP contribution >= 0.6 is 0 Å². The second-order valence-corrected chi connectivity index (χ2v) is 8.07. The summed E-state index contributed by atoms with van der Waals surface area (Å²) in [5.74, 6) is 0.602. The monoisotopic (exact) mass is 442 g/mol. The molecule has 1 heterocycles. The zero-order chi connectivity index (χ0) is 23.4. The lowest BCUT2D eigenvalue weighted by Gasteiger charge is -2.13. The van der Waals surface area contributed by atoms with Gasteiger partial charge in [0, 0.05) is 5.69 Å². The second kappa shape index (κ2) is 9.61. The SMILES string of the molecule is Cc1cc(C)c(NC(=O)CNC(=O)c2ccc(COc3ccc4ccccc4c3)o2)c(C)c1. The van der Waals surface area contributed by atoms with Crippen LogP contribution in [-0.2, 0) is 11.4 Å². The van der Waals surface area contributed by atoms with Crippen LogP contribution in [0, 0.1) is 20.8 Å². The molecule has 0 bridgehead atoms. The van der Waals surface area contributed by atoms with Crippen molar-refractivity contribution in [1.29, 1.82) is 0 Å². The number of hydrogen-bond donors (Lipinski definition) is 2. The Morgan fingerprint density at radius 2 is 1.61 bits per heavy atom. The van der Waals surface area contributed by atoms with Gasteiger partial charge in [0.15, 0.2) is 5.76 Å². The molecule has 3 aromatic carbocycles. The van der Waals surface area contributed by atoms with Gasteiger partial charge in [0.05, 0.1) is 6.54 Å². The third-order valence-corrected chi connectivity index (χ3v) is 5.34. The highest BCUT2D eigenvalue weighted by Gasteiger charge is 2.14. The lowest BCUT2D eigenvalue weighted by atomic mass is 10.1. The Kier molecular flexibility index (Phi) is 6.45. The number of fused-ring (bicyclic) bond motifs is 1. The summed E-state index contributed by atoms with van der Waals surface area (Å²) < 4.78 is 11.4. The van der Waals surface area contributed by atoms with E-state index < -0.39 is 5.91 Å². The first-order valence-electron chi connectivity index (χ1n) is 10.8. The van der Waals surface area contributed by atoms with Crippen molar-refractivity contribution in [3.05, 3.63) is 94.9 Å². The molecule has 0 fully saturated rings. The smallest absolute Gasteiger partial charge is 0.287 e. The Hall–Kier alpha value is -4.06. The third-order valence-electron chi connectivity index (χ3n) is 5.34. The summed E-state index contributed by atoms with van der Waals surface area (Å²) in [6.07, 6.45) is 0. The summed E-state index contributed by atoms with van der Waals surface area (Å²) in [6.45, 7) is 5.93. The van der Waals surface area contributed by atoms with Crippen LogP contribution in [-0.4, -0.2) is 18.4 Å². The molecule has 0 aliphatic rings. The average molecular weight is 443 g/mol. The largest absolute Gasteiger partial charge is 0.486 e. The molecule has 2 N–H and O–H groups in total. The number of ether oxygens (including phenoxy) is 1. The van der Waals surface area contributed by atoms with Crippen molar-refractivity contribution >= 4 is 28.3 Å². The summed E-state index contributed by atoms with van der Waals surface area (Å²) in [5.41, 5.74) is 3.86. The molecule has 0 saturated carbocycles. The van der Waals surface area contributed by atoms with Crippen LogP contribution in [0.1, 0.15) is 33.0 Å². The molecule has 1 aromatic heterocycles. The van der Waals surface area contributed by atoms with Gasteiger partial charge >= 0.3 is 0 Å². The summed E-state index contributed by atoms with van der Waals surface area (Å²) in [6, 6.07) is 21.2. The van der Waals surface area contributed by atoms with E-state index in [9.17, 15) is 9.59 Å². The predicted octanol–water partition coefficient (Wildman–Crippen LogP) is 5.31. The molecule has 2 amide bonds. The van der Waals surface area contributed by atoms with Crippen molar-refractivity contribution < 1.29 is 18.7 Å². The van der Waals surface area contributed by atoms with E-state index in [0.717, 1.165) is 38.9 Å². The summed E-state index contributed by atoms with van der Waals surface area (Å²) >= 11 is 0. The number of carbonyl (C=O) groups excluding carboxylic acids is 2. The van der Waals surface area contributed by atoms with Crippen LogP contribution in [0.5, 0.6) is 5.75 Å². The number of amides is 2. The first-order valence-corrected chi connectivity index (χ1v) is 10.8. The number of nitrogens with one attached hydrogen (secondary N) is 2. The van der Waals surface area contributed by atoms with Crippen molar-refractivity contribution in [3.63, 3.8) is 0 Å². The van der Waals surface area contributed by atoms with Gasteiger partial charge in [-0.1, -0.05) is 48.0 Å². The van der Waals surface area contributed by atoms with E-state index in [2.05, 4.69) is 10.6 Å². The van der Waals surface area contributed by atoms with Gasteiger partial charge in [-0.15, -0.1) is 0 Å². The second-order valence-electron chi connectivity index (χ2n) is 8.07. The fourth-order valence-electron chi connectivity index (χ4n) is 3.80. The molecule has 0 aliphatic carbocycles. The number of furan rings is 1. The van der Waals surface area contributed by atoms with E-state index in [0.29, 0.717) is 5.76 Å². The van der Waals surface area contributed by atoms with Crippen molar-refractivity contribution in [1.82, 2.24) is 5.32 Å². The van der Waals surface area contributed by atoms with E-state index in [1.165, 1.54) is 0 Å². The zero-order valence-corrected chi connectivity index (χ0v) is 18.9. The zero-order valence-electron chi connectivity index (χ0n) is 18.9. The average Bonchev–Trinajstić information content (AvgIpc) is 3.27. The van der Waals surface area contributed by atoms with Crippen LogP contribution in [0.4, 0.5) is 5.69 Å². The molecule has 4 rings (SSSR count). The summed E-state index contributed by atoms with van der Waals surface area (Å²) in [4.78, 5) is 24.7. The Labute approximate surface area is 192 Å². The molecule has 0 radical (unpaired) electrons. The Morgan fingerprint density at radius 1 is 0.879 bits per heavy atom. The van der Waals surface area contributed by atoms with Gasteiger partial charge < -0.3 is 19.8 Å². The molecule has 0 spiro atoms.